The zero-order chi connectivity index (χ0) is 25.5. The normalized spacial score (nSPS) is 18.6. The van der Waals surface area contributed by atoms with E-state index in [1.807, 2.05) is 24.4 Å². The second-order valence-electron chi connectivity index (χ2n) is 10.6. The lowest BCUT2D eigenvalue weighted by molar-refractivity contribution is -0.138. The van der Waals surface area contributed by atoms with Gasteiger partial charge in [-0.2, -0.15) is 0 Å². The van der Waals surface area contributed by atoms with Crippen molar-refractivity contribution in [1.82, 2.24) is 19.8 Å². The van der Waals surface area contributed by atoms with Crippen molar-refractivity contribution in [2.45, 2.75) is 53.0 Å². The monoisotopic (exact) mass is 492 g/mol. The number of carbonyl (C=O) groups is 1. The summed E-state index contributed by atoms with van der Waals surface area (Å²) < 4.78 is 0. The van der Waals surface area contributed by atoms with Gasteiger partial charge in [-0.05, 0) is 80.9 Å². The summed E-state index contributed by atoms with van der Waals surface area (Å²) in [6.07, 6.45) is 7.15. The summed E-state index contributed by atoms with van der Waals surface area (Å²) in [7, 11) is 0. The Kier molecular flexibility index (Phi) is 8.91. The summed E-state index contributed by atoms with van der Waals surface area (Å²) in [5.74, 6) is 1.63. The molecule has 2 aliphatic rings. The number of oxime groups is 1. The topological polar surface area (TPSA) is 96.9 Å². The highest BCUT2D eigenvalue weighted by atomic mass is 16.6. The van der Waals surface area contributed by atoms with Gasteiger partial charge in [0.2, 0.25) is 5.91 Å². The van der Waals surface area contributed by atoms with Gasteiger partial charge in [0.1, 0.15) is 18.1 Å². The minimum Gasteiger partial charge on any atom is -0.395 e. The predicted molar refractivity (Wildman–Crippen MR) is 142 cm³/mol. The molecule has 8 nitrogen and oxygen atoms in total. The molecule has 36 heavy (non-hydrogen) atoms. The molecular formula is C28H40N6O2. The summed E-state index contributed by atoms with van der Waals surface area (Å²) in [5, 5.41) is 4.56. The highest BCUT2D eigenvalue weighted by molar-refractivity contribution is 6.01. The van der Waals surface area contributed by atoms with Crippen LogP contribution < -0.4 is 5.73 Å². The first-order valence-electron chi connectivity index (χ1n) is 13.2. The molecule has 194 valence electrons. The fourth-order valence-corrected chi connectivity index (χ4v) is 5.14. The minimum atomic E-state index is 0.112. The molecule has 0 bridgehead atoms. The van der Waals surface area contributed by atoms with Gasteiger partial charge >= 0.3 is 0 Å². The number of anilines is 1. The molecule has 0 aliphatic carbocycles. The highest BCUT2D eigenvalue weighted by Crippen LogP contribution is 2.27. The number of rotatable bonds is 8. The van der Waals surface area contributed by atoms with Crippen molar-refractivity contribution in [2.75, 3.05) is 38.5 Å². The molecule has 0 spiro atoms. The third-order valence-corrected chi connectivity index (χ3v) is 7.20. The van der Waals surface area contributed by atoms with Crippen LogP contribution in [0.1, 0.15) is 56.4 Å². The average molecular weight is 493 g/mol. The lowest BCUT2D eigenvalue weighted by Gasteiger charge is -2.37. The van der Waals surface area contributed by atoms with Gasteiger partial charge in [-0.3, -0.25) is 14.7 Å². The molecule has 0 saturated carbocycles. The maximum absolute atomic E-state index is 13.3. The van der Waals surface area contributed by atoms with Gasteiger partial charge in [0.25, 0.3) is 0 Å². The number of nitrogen functional groups attached to an aromatic ring is 1. The summed E-state index contributed by atoms with van der Waals surface area (Å²) >= 11 is 0. The van der Waals surface area contributed by atoms with E-state index in [1.165, 1.54) is 5.56 Å². The van der Waals surface area contributed by atoms with Crippen molar-refractivity contribution in [1.29, 1.82) is 0 Å². The number of aryl methyl sites for hydroxylation is 1. The van der Waals surface area contributed by atoms with Crippen LogP contribution in [0.4, 0.5) is 5.82 Å². The number of hydrogen-bond acceptors (Lipinski definition) is 7. The third kappa shape index (κ3) is 6.81. The Morgan fingerprint density at radius 2 is 1.81 bits per heavy atom. The number of carbonyl (C=O) groups excluding carboxylic acids is 1. The molecule has 2 aliphatic heterocycles. The number of nitrogens with two attached hydrogens (primary N) is 1. The number of amides is 1. The van der Waals surface area contributed by atoms with E-state index in [1.54, 1.807) is 6.20 Å². The lowest BCUT2D eigenvalue weighted by atomic mass is 9.87. The summed E-state index contributed by atoms with van der Waals surface area (Å²) in [6.45, 7) is 11.1. The van der Waals surface area contributed by atoms with Crippen molar-refractivity contribution in [3.8, 4) is 0 Å². The van der Waals surface area contributed by atoms with Crippen LogP contribution in [0.2, 0.25) is 0 Å². The molecule has 2 N–H and O–H groups in total. The number of pyridine rings is 2. The van der Waals surface area contributed by atoms with Gasteiger partial charge in [0, 0.05) is 43.9 Å². The molecule has 0 aromatic carbocycles. The van der Waals surface area contributed by atoms with Crippen LogP contribution in [0.25, 0.3) is 0 Å². The van der Waals surface area contributed by atoms with Gasteiger partial charge in [-0.1, -0.05) is 25.1 Å². The Morgan fingerprint density at radius 3 is 2.47 bits per heavy atom. The zero-order valence-corrected chi connectivity index (χ0v) is 21.9. The predicted octanol–water partition coefficient (Wildman–Crippen LogP) is 3.89. The molecule has 4 rings (SSSR count). The van der Waals surface area contributed by atoms with Gasteiger partial charge in [-0.15, -0.1) is 0 Å². The highest BCUT2D eigenvalue weighted by Gasteiger charge is 2.33. The van der Waals surface area contributed by atoms with Crippen LogP contribution in [0.5, 0.6) is 0 Å². The van der Waals surface area contributed by atoms with Crippen molar-refractivity contribution < 1.29 is 9.63 Å². The smallest absolute Gasteiger partial charge is 0.225 e. The van der Waals surface area contributed by atoms with E-state index in [2.05, 4.69) is 51.8 Å². The van der Waals surface area contributed by atoms with Gasteiger partial charge in [0.15, 0.2) is 0 Å². The van der Waals surface area contributed by atoms with Gasteiger partial charge < -0.3 is 15.5 Å². The zero-order valence-electron chi connectivity index (χ0n) is 21.9. The number of piperidine rings is 2. The maximum atomic E-state index is 13.3. The second kappa shape index (κ2) is 12.3. The van der Waals surface area contributed by atoms with E-state index in [-0.39, 0.29) is 11.8 Å². The standard InChI is InChI=1S/C28H40N6O2/c1-20(2)19-36-32-27(26-21(3)5-4-11-31-26)23-9-15-34(16-10-23)28(35)24-7-13-33(14-8-24)18-22-6-12-30-25(29)17-22/h4-6,11-12,17,20,23-24H,7-10,13-16,18-19H2,1-3H3,(H2,29,30). The molecule has 2 aromatic rings. The number of aromatic nitrogens is 2. The van der Waals surface area contributed by atoms with Crippen LogP contribution in [0.15, 0.2) is 41.8 Å². The Labute approximate surface area is 214 Å². The maximum Gasteiger partial charge on any atom is 0.225 e. The Hall–Kier alpha value is -3.00. The van der Waals surface area contributed by atoms with Crippen molar-refractivity contribution in [3.63, 3.8) is 0 Å². The van der Waals surface area contributed by atoms with E-state index in [0.29, 0.717) is 24.2 Å². The summed E-state index contributed by atoms with van der Waals surface area (Å²) in [4.78, 5) is 32.2. The summed E-state index contributed by atoms with van der Waals surface area (Å²) in [6, 6.07) is 7.95. The Balaban J connectivity index is 1.31. The molecule has 1 amide bonds. The van der Waals surface area contributed by atoms with Crippen molar-refractivity contribution in [3.05, 3.63) is 53.5 Å². The fourth-order valence-electron chi connectivity index (χ4n) is 5.14. The Morgan fingerprint density at radius 1 is 1.08 bits per heavy atom. The van der Waals surface area contributed by atoms with Crippen molar-refractivity contribution >= 4 is 17.4 Å². The molecular weight excluding hydrogens is 452 g/mol. The van der Waals surface area contributed by atoms with Gasteiger partial charge in [-0.25, -0.2) is 4.98 Å². The molecule has 0 unspecified atom stereocenters. The van der Waals surface area contributed by atoms with E-state index in [0.717, 1.165) is 75.4 Å². The molecule has 8 heteroatoms. The molecule has 0 radical (unpaired) electrons. The molecule has 2 aromatic heterocycles. The lowest BCUT2D eigenvalue weighted by Crippen LogP contribution is -2.46. The van der Waals surface area contributed by atoms with Gasteiger partial charge in [0.05, 0.1) is 5.69 Å². The first-order chi connectivity index (χ1) is 17.4. The third-order valence-electron chi connectivity index (χ3n) is 7.20. The first-order valence-corrected chi connectivity index (χ1v) is 13.2. The van der Waals surface area contributed by atoms with E-state index < -0.39 is 0 Å². The Bertz CT molecular complexity index is 1040. The van der Waals surface area contributed by atoms with E-state index in [9.17, 15) is 4.79 Å². The van der Waals surface area contributed by atoms with Crippen LogP contribution in [0.3, 0.4) is 0 Å². The average Bonchev–Trinajstić information content (AvgIpc) is 2.87. The van der Waals surface area contributed by atoms with Crippen molar-refractivity contribution in [2.24, 2.45) is 22.9 Å². The number of likely N-dealkylation sites (tertiary alicyclic amines) is 2. The second-order valence-corrected chi connectivity index (χ2v) is 10.6. The summed E-state index contributed by atoms with van der Waals surface area (Å²) in [5.41, 5.74) is 9.92. The number of hydrogen-bond donors (Lipinski definition) is 1. The molecule has 0 atom stereocenters. The SMILES string of the molecule is Cc1cccnc1C(=NOCC(C)C)C1CCN(C(=O)C2CCN(Cc3ccnc(N)c3)CC2)CC1. The van der Waals surface area contributed by atoms with E-state index in [4.69, 9.17) is 10.6 Å². The first kappa shape index (κ1) is 26.1. The molecule has 2 saturated heterocycles. The van der Waals surface area contributed by atoms with Crippen LogP contribution in [-0.4, -0.2) is 64.2 Å². The van der Waals surface area contributed by atoms with Crippen LogP contribution in [-0.2, 0) is 16.2 Å². The molecule has 4 heterocycles. The molecule has 2 fully saturated rings. The quantitative estimate of drug-likeness (QED) is 0.444. The fraction of sp³-hybridized carbons (Fsp3) is 0.571. The number of nitrogens with zero attached hydrogens (tertiary/aromatic N) is 5. The largest absolute Gasteiger partial charge is 0.395 e. The van der Waals surface area contributed by atoms with Crippen LogP contribution in [0, 0.1) is 24.7 Å². The minimum absolute atomic E-state index is 0.112. The van der Waals surface area contributed by atoms with E-state index >= 15 is 0 Å². The van der Waals surface area contributed by atoms with Crippen LogP contribution >= 0.6 is 0 Å².